The van der Waals surface area contributed by atoms with Crippen molar-refractivity contribution >= 4 is 5.97 Å². The van der Waals surface area contributed by atoms with Crippen LogP contribution in [0.1, 0.15) is 52.4 Å². The average Bonchev–Trinajstić information content (AvgIpc) is 2.01. The molecule has 0 aromatic carbocycles. The summed E-state index contributed by atoms with van der Waals surface area (Å²) in [5.41, 5.74) is 0. The number of rotatable bonds is 6. The van der Waals surface area contributed by atoms with Crippen molar-refractivity contribution in [3.05, 3.63) is 0 Å². The van der Waals surface area contributed by atoms with Crippen LogP contribution in [0.2, 0.25) is 0 Å². The predicted molar refractivity (Wildman–Crippen MR) is 52.4 cm³/mol. The van der Waals surface area contributed by atoms with Crippen LogP contribution < -0.4 is 0 Å². The minimum Gasteiger partial charge on any atom is -0.462 e. The molecule has 1 aliphatic rings. The maximum Gasteiger partial charge on any atom is 0.309 e. The largest absolute Gasteiger partial charge is 0.462 e. The molecule has 13 heavy (non-hydrogen) atoms. The van der Waals surface area contributed by atoms with Crippen LogP contribution in [0.4, 0.5) is 0 Å². The molecule has 0 radical (unpaired) electrons. The molecule has 0 spiro atoms. The average molecular weight is 184 g/mol. The molecule has 0 aromatic heterocycles. The summed E-state index contributed by atoms with van der Waals surface area (Å²) in [6.45, 7) is 4.53. The van der Waals surface area contributed by atoms with Gasteiger partial charge in [-0.2, -0.15) is 0 Å². The Labute approximate surface area is 80.7 Å². The molecular weight excluding hydrogens is 164 g/mol. The molecule has 2 heteroatoms. The molecule has 1 rings (SSSR count). The Morgan fingerprint density at radius 1 is 1.54 bits per heavy atom. The van der Waals surface area contributed by atoms with Gasteiger partial charge in [-0.25, -0.2) is 0 Å². The molecular formula is C11H20O2. The van der Waals surface area contributed by atoms with Crippen molar-refractivity contribution in [3.8, 4) is 0 Å². The van der Waals surface area contributed by atoms with Crippen LogP contribution in [0, 0.1) is 5.92 Å². The molecule has 0 N–H and O–H groups in total. The topological polar surface area (TPSA) is 26.3 Å². The molecule has 2 unspecified atom stereocenters. The highest BCUT2D eigenvalue weighted by molar-refractivity contribution is 5.75. The van der Waals surface area contributed by atoms with Gasteiger partial charge in [0.1, 0.15) is 6.10 Å². The molecule has 1 aliphatic heterocycles. The Hall–Kier alpha value is -0.530. The number of carbonyl (C=O) groups is 1. The Kier molecular flexibility index (Phi) is 4.26. The quantitative estimate of drug-likeness (QED) is 0.593. The molecule has 1 heterocycles. The van der Waals surface area contributed by atoms with E-state index >= 15 is 0 Å². The smallest absolute Gasteiger partial charge is 0.309 e. The molecule has 0 aromatic rings. The van der Waals surface area contributed by atoms with E-state index in [4.69, 9.17) is 4.74 Å². The molecule has 0 amide bonds. The van der Waals surface area contributed by atoms with Crippen LogP contribution in [0.3, 0.4) is 0 Å². The van der Waals surface area contributed by atoms with Gasteiger partial charge in [-0.1, -0.05) is 33.1 Å². The van der Waals surface area contributed by atoms with Crippen LogP contribution in [0.15, 0.2) is 0 Å². The highest BCUT2D eigenvalue weighted by atomic mass is 16.6. The fraction of sp³-hybridized carbons (Fsp3) is 0.909. The zero-order valence-corrected chi connectivity index (χ0v) is 8.71. The number of ether oxygens (including phenoxy) is 1. The standard InChI is InChI=1S/C11H20O2/c1-3-5-9(2)6-4-7-10-8-11(12)13-10/h9-10H,3-8H2,1-2H3. The van der Waals surface area contributed by atoms with Crippen molar-refractivity contribution in [1.82, 2.24) is 0 Å². The van der Waals surface area contributed by atoms with Gasteiger partial charge >= 0.3 is 5.97 Å². The third-order valence-corrected chi connectivity index (χ3v) is 2.70. The summed E-state index contributed by atoms with van der Waals surface area (Å²) in [7, 11) is 0. The summed E-state index contributed by atoms with van der Waals surface area (Å²) < 4.78 is 4.94. The Morgan fingerprint density at radius 2 is 2.23 bits per heavy atom. The Bertz CT molecular complexity index is 157. The molecule has 76 valence electrons. The van der Waals surface area contributed by atoms with Crippen molar-refractivity contribution in [1.29, 1.82) is 0 Å². The molecule has 0 bridgehead atoms. The number of cyclic esters (lactones) is 1. The van der Waals surface area contributed by atoms with E-state index in [9.17, 15) is 4.79 Å². The third kappa shape index (κ3) is 3.79. The van der Waals surface area contributed by atoms with Crippen LogP contribution in [-0.4, -0.2) is 12.1 Å². The minimum absolute atomic E-state index is 0.0217. The maximum absolute atomic E-state index is 10.5. The highest BCUT2D eigenvalue weighted by Crippen LogP contribution is 2.21. The zero-order valence-electron chi connectivity index (χ0n) is 8.71. The van der Waals surface area contributed by atoms with Crippen molar-refractivity contribution in [2.75, 3.05) is 0 Å². The lowest BCUT2D eigenvalue weighted by molar-refractivity contribution is -0.169. The molecule has 2 atom stereocenters. The van der Waals surface area contributed by atoms with Crippen molar-refractivity contribution in [3.63, 3.8) is 0 Å². The van der Waals surface area contributed by atoms with Crippen molar-refractivity contribution < 1.29 is 9.53 Å². The second-order valence-corrected chi connectivity index (χ2v) is 4.14. The van der Waals surface area contributed by atoms with Gasteiger partial charge in [0.15, 0.2) is 0 Å². The lowest BCUT2D eigenvalue weighted by Gasteiger charge is -2.25. The van der Waals surface area contributed by atoms with Gasteiger partial charge in [0.05, 0.1) is 6.42 Å². The Balaban J connectivity index is 1.92. The highest BCUT2D eigenvalue weighted by Gasteiger charge is 2.27. The number of carbonyl (C=O) groups excluding carboxylic acids is 1. The summed E-state index contributed by atoms with van der Waals surface area (Å²) in [5, 5.41) is 0. The normalized spacial score (nSPS) is 23.5. The first kappa shape index (κ1) is 10.6. The van der Waals surface area contributed by atoms with Crippen molar-refractivity contribution in [2.45, 2.75) is 58.5 Å². The fourth-order valence-electron chi connectivity index (χ4n) is 1.85. The number of esters is 1. The van der Waals surface area contributed by atoms with Gasteiger partial charge in [0.2, 0.25) is 0 Å². The first-order chi connectivity index (χ1) is 6.22. The maximum atomic E-state index is 10.5. The second kappa shape index (κ2) is 5.25. The summed E-state index contributed by atoms with van der Waals surface area (Å²) in [6, 6.07) is 0. The van der Waals surface area contributed by atoms with Gasteiger partial charge in [-0.15, -0.1) is 0 Å². The van der Waals surface area contributed by atoms with E-state index in [1.807, 2.05) is 0 Å². The van der Waals surface area contributed by atoms with Gasteiger partial charge in [0, 0.05) is 0 Å². The molecule has 1 saturated heterocycles. The van der Waals surface area contributed by atoms with Gasteiger partial charge in [-0.05, 0) is 18.8 Å². The van der Waals surface area contributed by atoms with Crippen molar-refractivity contribution in [2.24, 2.45) is 5.92 Å². The zero-order chi connectivity index (χ0) is 9.68. The van der Waals surface area contributed by atoms with Crippen LogP contribution in [-0.2, 0) is 9.53 Å². The first-order valence-corrected chi connectivity index (χ1v) is 5.41. The van der Waals surface area contributed by atoms with E-state index in [2.05, 4.69) is 13.8 Å². The van der Waals surface area contributed by atoms with E-state index in [0.717, 1.165) is 12.3 Å². The lowest BCUT2D eigenvalue weighted by atomic mass is 9.96. The summed E-state index contributed by atoms with van der Waals surface area (Å²) in [6.07, 6.45) is 7.06. The molecule has 2 nitrogen and oxygen atoms in total. The fourth-order valence-corrected chi connectivity index (χ4v) is 1.85. The second-order valence-electron chi connectivity index (χ2n) is 4.14. The van der Waals surface area contributed by atoms with E-state index in [1.54, 1.807) is 0 Å². The van der Waals surface area contributed by atoms with Crippen LogP contribution in [0.5, 0.6) is 0 Å². The first-order valence-electron chi connectivity index (χ1n) is 5.41. The van der Waals surface area contributed by atoms with Gasteiger partial charge in [-0.3, -0.25) is 4.79 Å². The van der Waals surface area contributed by atoms with E-state index in [1.165, 1.54) is 25.7 Å². The predicted octanol–water partition coefficient (Wildman–Crippen LogP) is 2.91. The monoisotopic (exact) mass is 184 g/mol. The third-order valence-electron chi connectivity index (χ3n) is 2.70. The summed E-state index contributed by atoms with van der Waals surface area (Å²) in [4.78, 5) is 10.5. The Morgan fingerprint density at radius 3 is 2.77 bits per heavy atom. The summed E-state index contributed by atoms with van der Waals surface area (Å²) >= 11 is 0. The number of hydrogen-bond acceptors (Lipinski definition) is 2. The number of hydrogen-bond donors (Lipinski definition) is 0. The van der Waals surface area contributed by atoms with Gasteiger partial charge in [0.25, 0.3) is 0 Å². The van der Waals surface area contributed by atoms with E-state index in [-0.39, 0.29) is 12.1 Å². The van der Waals surface area contributed by atoms with Gasteiger partial charge < -0.3 is 4.74 Å². The molecule has 1 fully saturated rings. The minimum atomic E-state index is -0.0217. The van der Waals surface area contributed by atoms with E-state index in [0.29, 0.717) is 6.42 Å². The molecule has 0 aliphatic carbocycles. The van der Waals surface area contributed by atoms with E-state index < -0.39 is 0 Å². The molecule has 0 saturated carbocycles. The van der Waals surface area contributed by atoms with Crippen LogP contribution >= 0.6 is 0 Å². The van der Waals surface area contributed by atoms with Crippen LogP contribution in [0.25, 0.3) is 0 Å². The SMILES string of the molecule is CCCC(C)CCCC1CC(=O)O1. The summed E-state index contributed by atoms with van der Waals surface area (Å²) in [5.74, 6) is 0.812. The lowest BCUT2D eigenvalue weighted by Crippen LogP contribution is -2.32.